The van der Waals surface area contributed by atoms with Gasteiger partial charge in [0.05, 0.1) is 5.56 Å². The van der Waals surface area contributed by atoms with E-state index in [9.17, 15) is 22.8 Å². The summed E-state index contributed by atoms with van der Waals surface area (Å²) in [5.41, 5.74) is 0.384. The maximum Gasteiger partial charge on any atom is 0.416 e. The van der Waals surface area contributed by atoms with Crippen LogP contribution in [0.3, 0.4) is 0 Å². The Labute approximate surface area is 238 Å². The van der Waals surface area contributed by atoms with E-state index in [4.69, 9.17) is 0 Å². The van der Waals surface area contributed by atoms with Crippen LogP contribution in [0.2, 0.25) is 0 Å². The zero-order valence-electron chi connectivity index (χ0n) is 24.0. The Morgan fingerprint density at radius 3 is 2.32 bits per heavy atom. The Balaban J connectivity index is 1.66. The smallest absolute Gasteiger partial charge is 0.369 e. The lowest BCUT2D eigenvalue weighted by Gasteiger charge is -2.30. The molecular formula is C29H36F3N7O2. The van der Waals surface area contributed by atoms with E-state index in [1.54, 1.807) is 32.2 Å². The molecule has 0 spiro atoms. The van der Waals surface area contributed by atoms with Gasteiger partial charge >= 0.3 is 12.2 Å². The molecule has 12 heteroatoms. The minimum atomic E-state index is -4.56. The molecule has 0 fully saturated rings. The molecule has 0 aliphatic heterocycles. The number of rotatable bonds is 10. The summed E-state index contributed by atoms with van der Waals surface area (Å²) in [6, 6.07) is 11.0. The van der Waals surface area contributed by atoms with Crippen molar-refractivity contribution in [2.75, 3.05) is 41.0 Å². The number of hydrogen-bond donors (Lipinski definition) is 3. The summed E-state index contributed by atoms with van der Waals surface area (Å²) in [6.45, 7) is 11.9. The largest absolute Gasteiger partial charge is 0.416 e. The standard InChI is InChI=1S/C29H36F3N7O2/c1-18(2)39(19(3)4)13-12-33-25-16-26(35-17-34-25)38(6)28(41)37-24-15-23(11-10-20(24)5)36-27(40)21-8-7-9-22(14-21)29(30,31)32/h7-11,14-19H,12-13H2,1-6H3,(H,36,40)(H,37,41)(H,33,34,35). The number of carbonyl (C=O) groups excluding carboxylic acids is 2. The van der Waals surface area contributed by atoms with Crippen molar-refractivity contribution < 1.29 is 22.8 Å². The molecule has 220 valence electrons. The molecule has 41 heavy (non-hydrogen) atoms. The molecule has 3 amide bonds. The third kappa shape index (κ3) is 8.65. The van der Waals surface area contributed by atoms with Crippen molar-refractivity contribution in [1.82, 2.24) is 14.9 Å². The maximum atomic E-state index is 13.0. The van der Waals surface area contributed by atoms with Gasteiger partial charge < -0.3 is 16.0 Å². The van der Waals surface area contributed by atoms with E-state index in [1.165, 1.54) is 29.4 Å². The average Bonchev–Trinajstić information content (AvgIpc) is 2.91. The quantitative estimate of drug-likeness (QED) is 0.266. The van der Waals surface area contributed by atoms with Crippen LogP contribution in [0.15, 0.2) is 54.9 Å². The average molecular weight is 572 g/mol. The molecule has 0 aliphatic carbocycles. The highest BCUT2D eigenvalue weighted by molar-refractivity contribution is 6.05. The van der Waals surface area contributed by atoms with Crippen LogP contribution in [-0.2, 0) is 6.18 Å². The van der Waals surface area contributed by atoms with Crippen LogP contribution in [0.1, 0.15) is 49.2 Å². The van der Waals surface area contributed by atoms with Crippen LogP contribution in [0.5, 0.6) is 0 Å². The number of nitrogens with zero attached hydrogens (tertiary/aromatic N) is 4. The predicted molar refractivity (Wildman–Crippen MR) is 155 cm³/mol. The Bertz CT molecular complexity index is 1350. The summed E-state index contributed by atoms with van der Waals surface area (Å²) in [5, 5.41) is 8.65. The molecule has 0 radical (unpaired) electrons. The minimum absolute atomic E-state index is 0.139. The molecule has 1 aromatic heterocycles. The van der Waals surface area contributed by atoms with E-state index >= 15 is 0 Å². The maximum absolute atomic E-state index is 13.0. The lowest BCUT2D eigenvalue weighted by atomic mass is 10.1. The third-order valence-electron chi connectivity index (χ3n) is 6.49. The van der Waals surface area contributed by atoms with Gasteiger partial charge in [0.25, 0.3) is 5.91 Å². The number of halogens is 3. The van der Waals surface area contributed by atoms with E-state index in [0.29, 0.717) is 47.2 Å². The monoisotopic (exact) mass is 571 g/mol. The molecule has 3 N–H and O–H groups in total. The third-order valence-corrected chi connectivity index (χ3v) is 6.49. The highest BCUT2D eigenvalue weighted by Crippen LogP contribution is 2.30. The molecule has 0 saturated carbocycles. The first-order valence-corrected chi connectivity index (χ1v) is 13.2. The molecule has 0 saturated heterocycles. The van der Waals surface area contributed by atoms with Crippen LogP contribution >= 0.6 is 0 Å². The second-order valence-corrected chi connectivity index (χ2v) is 10.2. The molecule has 9 nitrogen and oxygen atoms in total. The Hall–Kier alpha value is -4.19. The molecule has 0 atom stereocenters. The van der Waals surface area contributed by atoms with Crippen LogP contribution in [0.4, 0.5) is 41.0 Å². The molecular weight excluding hydrogens is 535 g/mol. The van der Waals surface area contributed by atoms with Crippen LogP contribution < -0.4 is 20.9 Å². The van der Waals surface area contributed by atoms with Crippen molar-refractivity contribution in [1.29, 1.82) is 0 Å². The molecule has 3 aromatic rings. The summed E-state index contributed by atoms with van der Waals surface area (Å²) in [7, 11) is 1.56. The fourth-order valence-corrected chi connectivity index (χ4v) is 4.23. The van der Waals surface area contributed by atoms with Crippen molar-refractivity contribution >= 4 is 34.9 Å². The Morgan fingerprint density at radius 2 is 1.66 bits per heavy atom. The SMILES string of the molecule is Cc1ccc(NC(=O)c2cccc(C(F)(F)F)c2)cc1NC(=O)N(C)c1cc(NCCN(C(C)C)C(C)C)ncn1. The first-order chi connectivity index (χ1) is 19.3. The zero-order chi connectivity index (χ0) is 30.3. The molecule has 1 heterocycles. The van der Waals surface area contributed by atoms with Gasteiger partial charge in [-0.25, -0.2) is 14.8 Å². The van der Waals surface area contributed by atoms with Crippen molar-refractivity contribution in [3.05, 3.63) is 71.5 Å². The van der Waals surface area contributed by atoms with E-state index in [2.05, 4.69) is 58.5 Å². The number of alkyl halides is 3. The number of nitrogens with one attached hydrogen (secondary N) is 3. The second-order valence-electron chi connectivity index (χ2n) is 10.2. The second kappa shape index (κ2) is 13.4. The van der Waals surface area contributed by atoms with E-state index in [-0.39, 0.29) is 5.56 Å². The molecule has 3 rings (SSSR count). The van der Waals surface area contributed by atoms with Crippen LogP contribution in [0, 0.1) is 6.92 Å². The van der Waals surface area contributed by atoms with Gasteiger partial charge in [-0.15, -0.1) is 0 Å². The van der Waals surface area contributed by atoms with Crippen molar-refractivity contribution in [3.8, 4) is 0 Å². The summed E-state index contributed by atoms with van der Waals surface area (Å²) in [4.78, 5) is 37.8. The van der Waals surface area contributed by atoms with Gasteiger partial charge in [0.1, 0.15) is 18.0 Å². The van der Waals surface area contributed by atoms with E-state index in [1.807, 2.05) is 0 Å². The van der Waals surface area contributed by atoms with Gasteiger partial charge in [-0.3, -0.25) is 14.6 Å². The van der Waals surface area contributed by atoms with Gasteiger partial charge in [-0.1, -0.05) is 12.1 Å². The summed E-state index contributed by atoms with van der Waals surface area (Å²) < 4.78 is 39.1. The van der Waals surface area contributed by atoms with E-state index < -0.39 is 23.7 Å². The van der Waals surface area contributed by atoms with Crippen molar-refractivity contribution in [2.24, 2.45) is 0 Å². The zero-order valence-corrected chi connectivity index (χ0v) is 24.0. The number of anilines is 4. The molecule has 0 unspecified atom stereocenters. The number of urea groups is 1. The van der Waals surface area contributed by atoms with E-state index in [0.717, 1.165) is 18.7 Å². The predicted octanol–water partition coefficient (Wildman–Crippen LogP) is 6.26. The molecule has 2 aromatic carbocycles. The Morgan fingerprint density at radius 1 is 0.951 bits per heavy atom. The lowest BCUT2D eigenvalue weighted by Crippen LogP contribution is -2.40. The van der Waals surface area contributed by atoms with Gasteiger partial charge in [-0.2, -0.15) is 13.2 Å². The fraction of sp³-hybridized carbons (Fsp3) is 0.379. The highest BCUT2D eigenvalue weighted by Gasteiger charge is 2.31. The van der Waals surface area contributed by atoms with Crippen LogP contribution in [-0.4, -0.2) is 59.0 Å². The van der Waals surface area contributed by atoms with Crippen LogP contribution in [0.25, 0.3) is 0 Å². The summed E-state index contributed by atoms with van der Waals surface area (Å²) in [5.74, 6) is 0.245. The fourth-order valence-electron chi connectivity index (χ4n) is 4.23. The highest BCUT2D eigenvalue weighted by atomic mass is 19.4. The normalized spacial score (nSPS) is 11.6. The number of aryl methyl sites for hydroxylation is 1. The number of benzene rings is 2. The summed E-state index contributed by atoms with van der Waals surface area (Å²) >= 11 is 0. The van der Waals surface area contributed by atoms with Gasteiger partial charge in [0.15, 0.2) is 0 Å². The lowest BCUT2D eigenvalue weighted by molar-refractivity contribution is -0.137. The number of hydrogen-bond acceptors (Lipinski definition) is 6. The first kappa shape index (κ1) is 31.3. The summed E-state index contributed by atoms with van der Waals surface area (Å²) in [6.07, 6.45) is -3.19. The minimum Gasteiger partial charge on any atom is -0.369 e. The molecule has 0 bridgehead atoms. The van der Waals surface area contributed by atoms with Crippen molar-refractivity contribution in [2.45, 2.75) is 52.9 Å². The van der Waals surface area contributed by atoms with Gasteiger partial charge in [-0.05, 0) is 70.5 Å². The number of carbonyl (C=O) groups is 2. The molecule has 0 aliphatic rings. The van der Waals surface area contributed by atoms with Gasteiger partial charge in [0.2, 0.25) is 0 Å². The van der Waals surface area contributed by atoms with Gasteiger partial charge in [0, 0.05) is 55.2 Å². The topological polar surface area (TPSA) is 102 Å². The Kier molecular flexibility index (Phi) is 10.3. The number of aromatic nitrogens is 2. The first-order valence-electron chi connectivity index (χ1n) is 13.2. The van der Waals surface area contributed by atoms with Crippen molar-refractivity contribution in [3.63, 3.8) is 0 Å². The number of amides is 3.